The summed E-state index contributed by atoms with van der Waals surface area (Å²) in [6, 6.07) is 3.92. The van der Waals surface area contributed by atoms with Crippen LogP contribution in [-0.2, 0) is 6.54 Å². The summed E-state index contributed by atoms with van der Waals surface area (Å²) in [7, 11) is 0. The third-order valence-corrected chi connectivity index (χ3v) is 4.77. The van der Waals surface area contributed by atoms with Gasteiger partial charge in [-0.05, 0) is 50.2 Å². The van der Waals surface area contributed by atoms with Gasteiger partial charge in [0.25, 0.3) is 0 Å². The van der Waals surface area contributed by atoms with Crippen LogP contribution >= 0.6 is 0 Å². The highest BCUT2D eigenvalue weighted by atomic mass is 16.3. The smallest absolute Gasteiger partial charge is 0.315 e. The fourth-order valence-electron chi connectivity index (χ4n) is 3.19. The van der Waals surface area contributed by atoms with Crippen molar-refractivity contribution in [2.75, 3.05) is 6.61 Å². The van der Waals surface area contributed by atoms with Crippen LogP contribution in [-0.4, -0.2) is 38.3 Å². The molecule has 2 aromatic rings. The molecule has 0 radical (unpaired) electrons. The second kappa shape index (κ2) is 8.11. The van der Waals surface area contributed by atoms with Crippen LogP contribution in [0.2, 0.25) is 0 Å². The summed E-state index contributed by atoms with van der Waals surface area (Å²) in [6.45, 7) is 2.62. The molecule has 3 rings (SSSR count). The molecule has 1 fully saturated rings. The van der Waals surface area contributed by atoms with E-state index >= 15 is 0 Å². The van der Waals surface area contributed by atoms with E-state index in [9.17, 15) is 4.79 Å². The Balaban J connectivity index is 1.45. The average Bonchev–Trinajstić information content (AvgIpc) is 3.07. The third-order valence-electron chi connectivity index (χ3n) is 4.77. The number of aliphatic hydroxyl groups excluding tert-OH is 1. The summed E-state index contributed by atoms with van der Waals surface area (Å²) in [4.78, 5) is 20.6. The van der Waals surface area contributed by atoms with Gasteiger partial charge in [-0.1, -0.05) is 6.07 Å². The minimum atomic E-state index is -0.151. The third kappa shape index (κ3) is 4.57. The number of aliphatic hydroxyl groups is 1. The first-order valence-corrected chi connectivity index (χ1v) is 8.76. The quantitative estimate of drug-likeness (QED) is 0.773. The Morgan fingerprint density at radius 1 is 1.28 bits per heavy atom. The number of carbonyl (C=O) groups is 1. The Labute approximate surface area is 147 Å². The average molecular weight is 343 g/mol. The van der Waals surface area contributed by atoms with Gasteiger partial charge in [-0.25, -0.2) is 14.8 Å². The molecule has 0 unspecified atom stereocenters. The molecular formula is C18H25N5O2. The molecule has 0 saturated heterocycles. The van der Waals surface area contributed by atoms with Gasteiger partial charge in [0, 0.05) is 37.8 Å². The van der Waals surface area contributed by atoms with E-state index in [0.717, 1.165) is 42.9 Å². The molecule has 2 amide bonds. The SMILES string of the molecule is Cc1nccn1-c1ccc(CNC(=O)NC2CCC(CO)CC2)cn1. The van der Waals surface area contributed by atoms with Gasteiger partial charge in [-0.2, -0.15) is 0 Å². The lowest BCUT2D eigenvalue weighted by Gasteiger charge is -2.27. The highest BCUT2D eigenvalue weighted by molar-refractivity contribution is 5.74. The lowest BCUT2D eigenvalue weighted by atomic mass is 9.87. The van der Waals surface area contributed by atoms with Crippen molar-refractivity contribution in [1.82, 2.24) is 25.2 Å². The minimum Gasteiger partial charge on any atom is -0.396 e. The van der Waals surface area contributed by atoms with Gasteiger partial charge in [0.1, 0.15) is 11.6 Å². The predicted octanol–water partition coefficient (Wildman–Crippen LogP) is 1.93. The molecule has 7 nitrogen and oxygen atoms in total. The minimum absolute atomic E-state index is 0.151. The van der Waals surface area contributed by atoms with Crippen molar-refractivity contribution in [2.45, 2.75) is 45.2 Å². The van der Waals surface area contributed by atoms with Crippen LogP contribution in [0.25, 0.3) is 5.82 Å². The Morgan fingerprint density at radius 2 is 2.08 bits per heavy atom. The van der Waals surface area contributed by atoms with Gasteiger partial charge < -0.3 is 15.7 Å². The molecule has 7 heteroatoms. The number of aromatic nitrogens is 3. The lowest BCUT2D eigenvalue weighted by Crippen LogP contribution is -2.43. The zero-order valence-corrected chi connectivity index (χ0v) is 14.5. The standard InChI is InChI=1S/C18H25N5O2/c1-13-19-8-9-23(13)17-7-4-15(10-20-17)11-21-18(25)22-16-5-2-14(12-24)3-6-16/h4,7-10,14,16,24H,2-3,5-6,11-12H2,1H3,(H2,21,22,25). The molecule has 0 atom stereocenters. The molecular weight excluding hydrogens is 318 g/mol. The summed E-state index contributed by atoms with van der Waals surface area (Å²) in [5.41, 5.74) is 0.945. The summed E-state index contributed by atoms with van der Waals surface area (Å²) < 4.78 is 1.91. The van der Waals surface area contributed by atoms with Crippen LogP contribution in [0.3, 0.4) is 0 Å². The monoisotopic (exact) mass is 343 g/mol. The van der Waals surface area contributed by atoms with Crippen molar-refractivity contribution in [3.8, 4) is 5.82 Å². The van der Waals surface area contributed by atoms with E-state index in [-0.39, 0.29) is 18.7 Å². The molecule has 0 aromatic carbocycles. The molecule has 2 heterocycles. The second-order valence-corrected chi connectivity index (χ2v) is 6.60. The largest absolute Gasteiger partial charge is 0.396 e. The number of hydrogen-bond donors (Lipinski definition) is 3. The Kier molecular flexibility index (Phi) is 5.65. The zero-order chi connectivity index (χ0) is 17.6. The van der Waals surface area contributed by atoms with Crippen LogP contribution in [0.1, 0.15) is 37.1 Å². The van der Waals surface area contributed by atoms with Gasteiger partial charge in [0.2, 0.25) is 0 Å². The van der Waals surface area contributed by atoms with Crippen LogP contribution < -0.4 is 10.6 Å². The maximum atomic E-state index is 12.0. The summed E-state index contributed by atoms with van der Waals surface area (Å²) in [6.07, 6.45) is 9.18. The molecule has 0 aliphatic heterocycles. The number of urea groups is 1. The molecule has 2 aromatic heterocycles. The molecule has 1 aliphatic carbocycles. The number of amides is 2. The number of pyridine rings is 1. The van der Waals surface area contributed by atoms with Crippen molar-refractivity contribution in [1.29, 1.82) is 0 Å². The first-order valence-electron chi connectivity index (χ1n) is 8.76. The Bertz CT molecular complexity index is 690. The van der Waals surface area contributed by atoms with Crippen molar-refractivity contribution in [3.63, 3.8) is 0 Å². The first kappa shape index (κ1) is 17.4. The number of rotatable bonds is 5. The fraction of sp³-hybridized carbons (Fsp3) is 0.500. The van der Waals surface area contributed by atoms with E-state index < -0.39 is 0 Å². The number of nitrogens with one attached hydrogen (secondary N) is 2. The number of nitrogens with zero attached hydrogens (tertiary/aromatic N) is 3. The zero-order valence-electron chi connectivity index (χ0n) is 14.5. The van der Waals surface area contributed by atoms with Gasteiger partial charge in [0.15, 0.2) is 0 Å². The van der Waals surface area contributed by atoms with Crippen LogP contribution in [0, 0.1) is 12.8 Å². The van der Waals surface area contributed by atoms with Gasteiger partial charge in [-0.15, -0.1) is 0 Å². The maximum Gasteiger partial charge on any atom is 0.315 e. The summed E-state index contributed by atoms with van der Waals surface area (Å²) in [5.74, 6) is 2.09. The highest BCUT2D eigenvalue weighted by Crippen LogP contribution is 2.23. The Morgan fingerprint density at radius 3 is 2.68 bits per heavy atom. The number of hydrogen-bond acceptors (Lipinski definition) is 4. The highest BCUT2D eigenvalue weighted by Gasteiger charge is 2.21. The number of imidazole rings is 1. The van der Waals surface area contributed by atoms with Crippen LogP contribution in [0.4, 0.5) is 4.79 Å². The molecule has 25 heavy (non-hydrogen) atoms. The van der Waals surface area contributed by atoms with E-state index in [0.29, 0.717) is 12.5 Å². The molecule has 134 valence electrons. The normalized spacial score (nSPS) is 20.2. The van der Waals surface area contributed by atoms with E-state index in [4.69, 9.17) is 5.11 Å². The van der Waals surface area contributed by atoms with Crippen LogP contribution in [0.5, 0.6) is 0 Å². The molecule has 1 saturated carbocycles. The maximum absolute atomic E-state index is 12.0. The first-order chi connectivity index (χ1) is 12.2. The van der Waals surface area contributed by atoms with Gasteiger partial charge >= 0.3 is 6.03 Å². The Hall–Kier alpha value is -2.41. The summed E-state index contributed by atoms with van der Waals surface area (Å²) in [5, 5.41) is 15.0. The van der Waals surface area contributed by atoms with E-state index in [2.05, 4.69) is 20.6 Å². The van der Waals surface area contributed by atoms with E-state index in [1.807, 2.05) is 29.8 Å². The molecule has 1 aliphatic rings. The van der Waals surface area contributed by atoms with E-state index in [1.54, 1.807) is 12.4 Å². The van der Waals surface area contributed by atoms with Crippen molar-refractivity contribution in [3.05, 3.63) is 42.1 Å². The fourth-order valence-corrected chi connectivity index (χ4v) is 3.19. The molecule has 0 spiro atoms. The van der Waals surface area contributed by atoms with Gasteiger partial charge in [0.05, 0.1) is 0 Å². The molecule has 0 bridgehead atoms. The topological polar surface area (TPSA) is 92.1 Å². The lowest BCUT2D eigenvalue weighted by molar-refractivity contribution is 0.174. The van der Waals surface area contributed by atoms with Gasteiger partial charge in [-0.3, -0.25) is 4.57 Å². The van der Waals surface area contributed by atoms with Crippen LogP contribution in [0.15, 0.2) is 30.7 Å². The van der Waals surface area contributed by atoms with Crippen molar-refractivity contribution >= 4 is 6.03 Å². The number of aryl methyl sites for hydroxylation is 1. The van der Waals surface area contributed by atoms with Crippen molar-refractivity contribution in [2.24, 2.45) is 5.92 Å². The summed E-state index contributed by atoms with van der Waals surface area (Å²) >= 11 is 0. The molecule has 3 N–H and O–H groups in total. The van der Waals surface area contributed by atoms with E-state index in [1.165, 1.54) is 0 Å². The van der Waals surface area contributed by atoms with Crippen molar-refractivity contribution < 1.29 is 9.90 Å². The second-order valence-electron chi connectivity index (χ2n) is 6.60. The predicted molar refractivity (Wildman–Crippen MR) is 94.3 cm³/mol. The number of carbonyl (C=O) groups excluding carboxylic acids is 1.